The second kappa shape index (κ2) is 9.10. The first-order valence-electron chi connectivity index (χ1n) is 8.80. The zero-order valence-electron chi connectivity index (χ0n) is 14.9. The molecule has 2 aromatic carbocycles. The summed E-state index contributed by atoms with van der Waals surface area (Å²) in [6.45, 7) is 5.04. The molecule has 138 valence electrons. The minimum absolute atomic E-state index is 0.00995. The Morgan fingerprint density at radius 2 is 1.96 bits per heavy atom. The van der Waals surface area contributed by atoms with Crippen LogP contribution in [0.2, 0.25) is 0 Å². The van der Waals surface area contributed by atoms with E-state index < -0.39 is 0 Å². The summed E-state index contributed by atoms with van der Waals surface area (Å²) in [7, 11) is 0. The van der Waals surface area contributed by atoms with Crippen LogP contribution in [0.15, 0.2) is 48.5 Å². The number of benzene rings is 2. The molecule has 0 unspecified atom stereocenters. The Kier molecular flexibility index (Phi) is 6.33. The van der Waals surface area contributed by atoms with Crippen molar-refractivity contribution >= 4 is 5.91 Å². The van der Waals surface area contributed by atoms with E-state index in [4.69, 9.17) is 14.2 Å². The summed E-state index contributed by atoms with van der Waals surface area (Å²) in [4.78, 5) is 14.2. The third-order valence-electron chi connectivity index (χ3n) is 4.09. The number of hydrogen-bond donors (Lipinski definition) is 1. The van der Waals surface area contributed by atoms with E-state index in [-0.39, 0.29) is 12.7 Å². The van der Waals surface area contributed by atoms with Crippen LogP contribution in [-0.4, -0.2) is 43.8 Å². The number of amides is 1. The van der Waals surface area contributed by atoms with Crippen molar-refractivity contribution in [3.8, 4) is 17.2 Å². The second-order valence-corrected chi connectivity index (χ2v) is 6.00. The van der Waals surface area contributed by atoms with E-state index in [2.05, 4.69) is 10.2 Å². The standard InChI is InChI=1S/C20H24N2O4/c1-2-22(13-16-8-9-18-19(12-16)26-15-25-18)14-20(23)21-10-11-24-17-6-4-3-5-7-17/h3-9,12H,2,10-11,13-15H2,1H3,(H,21,23). The van der Waals surface area contributed by atoms with Crippen molar-refractivity contribution < 1.29 is 19.0 Å². The molecule has 2 aromatic rings. The predicted molar refractivity (Wildman–Crippen MR) is 98.5 cm³/mol. The summed E-state index contributed by atoms with van der Waals surface area (Å²) in [6.07, 6.45) is 0. The molecule has 26 heavy (non-hydrogen) atoms. The average Bonchev–Trinajstić information content (AvgIpc) is 3.13. The Hall–Kier alpha value is -2.73. The number of carbonyl (C=O) groups is 1. The van der Waals surface area contributed by atoms with Crippen LogP contribution >= 0.6 is 0 Å². The lowest BCUT2D eigenvalue weighted by Crippen LogP contribution is -2.38. The third-order valence-corrected chi connectivity index (χ3v) is 4.09. The van der Waals surface area contributed by atoms with Crippen LogP contribution < -0.4 is 19.5 Å². The van der Waals surface area contributed by atoms with Gasteiger partial charge in [0, 0.05) is 6.54 Å². The molecule has 0 atom stereocenters. The van der Waals surface area contributed by atoms with E-state index in [0.717, 1.165) is 29.4 Å². The quantitative estimate of drug-likeness (QED) is 0.700. The van der Waals surface area contributed by atoms with E-state index in [1.54, 1.807) is 0 Å². The molecule has 1 aliphatic heterocycles. The van der Waals surface area contributed by atoms with Gasteiger partial charge in [-0.25, -0.2) is 0 Å². The fourth-order valence-electron chi connectivity index (χ4n) is 2.71. The summed E-state index contributed by atoms with van der Waals surface area (Å²) in [5.41, 5.74) is 1.09. The van der Waals surface area contributed by atoms with Crippen LogP contribution in [0.1, 0.15) is 12.5 Å². The zero-order chi connectivity index (χ0) is 18.2. The normalized spacial score (nSPS) is 12.2. The number of hydrogen-bond acceptors (Lipinski definition) is 5. The summed E-state index contributed by atoms with van der Waals surface area (Å²) >= 11 is 0. The van der Waals surface area contributed by atoms with Crippen molar-refractivity contribution in [1.29, 1.82) is 0 Å². The Labute approximate surface area is 153 Å². The minimum Gasteiger partial charge on any atom is -0.492 e. The highest BCUT2D eigenvalue weighted by Gasteiger charge is 2.15. The lowest BCUT2D eigenvalue weighted by Gasteiger charge is -2.20. The van der Waals surface area contributed by atoms with Crippen molar-refractivity contribution in [3.63, 3.8) is 0 Å². The van der Waals surface area contributed by atoms with Gasteiger partial charge in [-0.3, -0.25) is 9.69 Å². The highest BCUT2D eigenvalue weighted by molar-refractivity contribution is 5.78. The first kappa shape index (κ1) is 18.1. The molecule has 0 spiro atoms. The van der Waals surface area contributed by atoms with E-state index >= 15 is 0 Å². The molecule has 6 nitrogen and oxygen atoms in total. The van der Waals surface area contributed by atoms with Gasteiger partial charge in [0.05, 0.1) is 13.1 Å². The molecule has 0 aliphatic carbocycles. The fourth-order valence-corrected chi connectivity index (χ4v) is 2.71. The van der Waals surface area contributed by atoms with Gasteiger partial charge in [0.25, 0.3) is 0 Å². The van der Waals surface area contributed by atoms with Crippen molar-refractivity contribution in [3.05, 3.63) is 54.1 Å². The molecule has 0 radical (unpaired) electrons. The first-order chi connectivity index (χ1) is 12.7. The van der Waals surface area contributed by atoms with Crippen molar-refractivity contribution in [1.82, 2.24) is 10.2 Å². The van der Waals surface area contributed by atoms with Crippen molar-refractivity contribution in [2.24, 2.45) is 0 Å². The second-order valence-electron chi connectivity index (χ2n) is 6.00. The van der Waals surface area contributed by atoms with Crippen LogP contribution in [0.4, 0.5) is 0 Å². The van der Waals surface area contributed by atoms with Crippen molar-refractivity contribution in [2.75, 3.05) is 33.0 Å². The molecular formula is C20H24N2O4. The lowest BCUT2D eigenvalue weighted by atomic mass is 10.2. The largest absolute Gasteiger partial charge is 0.492 e. The maximum Gasteiger partial charge on any atom is 0.234 e. The van der Waals surface area contributed by atoms with Gasteiger partial charge in [0.15, 0.2) is 11.5 Å². The fraction of sp³-hybridized carbons (Fsp3) is 0.350. The van der Waals surface area contributed by atoms with E-state index in [1.165, 1.54) is 0 Å². The smallest absolute Gasteiger partial charge is 0.234 e. The maximum atomic E-state index is 12.1. The van der Waals surface area contributed by atoms with E-state index in [1.807, 2.05) is 55.5 Å². The number of fused-ring (bicyclic) bond motifs is 1. The molecule has 1 amide bonds. The van der Waals surface area contributed by atoms with Gasteiger partial charge in [0.1, 0.15) is 12.4 Å². The zero-order valence-corrected chi connectivity index (χ0v) is 14.9. The Balaban J connectivity index is 1.40. The molecule has 0 saturated heterocycles. The lowest BCUT2D eigenvalue weighted by molar-refractivity contribution is -0.122. The van der Waals surface area contributed by atoms with Crippen LogP contribution in [-0.2, 0) is 11.3 Å². The van der Waals surface area contributed by atoms with Gasteiger partial charge in [-0.2, -0.15) is 0 Å². The molecule has 0 aromatic heterocycles. The molecule has 3 rings (SSSR count). The van der Waals surface area contributed by atoms with E-state index in [9.17, 15) is 4.79 Å². The topological polar surface area (TPSA) is 60.0 Å². The van der Waals surface area contributed by atoms with Gasteiger partial charge < -0.3 is 19.5 Å². The predicted octanol–water partition coefficient (Wildman–Crippen LogP) is 2.43. The maximum absolute atomic E-state index is 12.1. The van der Waals surface area contributed by atoms with Crippen LogP contribution in [0.25, 0.3) is 0 Å². The minimum atomic E-state index is -0.00995. The van der Waals surface area contributed by atoms with Gasteiger partial charge >= 0.3 is 0 Å². The van der Waals surface area contributed by atoms with Crippen LogP contribution in [0.3, 0.4) is 0 Å². The summed E-state index contributed by atoms with van der Waals surface area (Å²) in [6, 6.07) is 15.4. The van der Waals surface area contributed by atoms with Crippen LogP contribution in [0, 0.1) is 0 Å². The molecule has 0 fully saturated rings. The Morgan fingerprint density at radius 3 is 2.77 bits per heavy atom. The van der Waals surface area contributed by atoms with Crippen LogP contribution in [0.5, 0.6) is 17.2 Å². The average molecular weight is 356 g/mol. The number of nitrogens with one attached hydrogen (secondary N) is 1. The molecule has 1 heterocycles. The third kappa shape index (κ3) is 5.13. The van der Waals surface area contributed by atoms with Gasteiger partial charge in [-0.05, 0) is 36.4 Å². The number of likely N-dealkylation sites (N-methyl/N-ethyl adjacent to an activating group) is 1. The molecule has 6 heteroatoms. The van der Waals surface area contributed by atoms with Gasteiger partial charge in [-0.15, -0.1) is 0 Å². The molecule has 0 saturated carbocycles. The van der Waals surface area contributed by atoms with E-state index in [0.29, 0.717) is 26.2 Å². The summed E-state index contributed by atoms with van der Waals surface area (Å²) in [5, 5.41) is 2.89. The first-order valence-corrected chi connectivity index (χ1v) is 8.80. The Morgan fingerprint density at radius 1 is 1.15 bits per heavy atom. The van der Waals surface area contributed by atoms with Gasteiger partial charge in [-0.1, -0.05) is 31.2 Å². The van der Waals surface area contributed by atoms with Crippen molar-refractivity contribution in [2.45, 2.75) is 13.5 Å². The SMILES string of the molecule is CCN(CC(=O)NCCOc1ccccc1)Cc1ccc2c(c1)OCO2. The number of nitrogens with zero attached hydrogens (tertiary/aromatic N) is 1. The highest BCUT2D eigenvalue weighted by Crippen LogP contribution is 2.32. The number of ether oxygens (including phenoxy) is 3. The molecule has 1 aliphatic rings. The molecule has 0 bridgehead atoms. The number of rotatable bonds is 9. The highest BCUT2D eigenvalue weighted by atomic mass is 16.7. The number of para-hydroxylation sites is 1. The monoisotopic (exact) mass is 356 g/mol. The number of carbonyl (C=O) groups excluding carboxylic acids is 1. The van der Waals surface area contributed by atoms with Gasteiger partial charge in [0.2, 0.25) is 12.7 Å². The summed E-state index contributed by atoms with van der Waals surface area (Å²) < 4.78 is 16.3. The molecule has 1 N–H and O–H groups in total. The molecular weight excluding hydrogens is 332 g/mol. The summed E-state index contributed by atoms with van der Waals surface area (Å²) in [5.74, 6) is 2.33. The Bertz CT molecular complexity index is 721.